The molecule has 1 aliphatic rings. The largest absolute Gasteiger partial charge is 0.395 e. The van der Waals surface area contributed by atoms with Crippen LogP contribution in [0.1, 0.15) is 22.8 Å². The van der Waals surface area contributed by atoms with Crippen molar-refractivity contribution in [1.82, 2.24) is 14.7 Å². The third-order valence-corrected chi connectivity index (χ3v) is 4.07. The normalized spacial score (nSPS) is 17.5. The van der Waals surface area contributed by atoms with Crippen LogP contribution in [0.5, 0.6) is 0 Å². The number of hydrogen-bond donors (Lipinski definition) is 3. The van der Waals surface area contributed by atoms with Gasteiger partial charge in [0.15, 0.2) is 0 Å². The molecule has 8 nitrogen and oxygen atoms in total. The van der Waals surface area contributed by atoms with Crippen molar-refractivity contribution >= 4 is 33.6 Å². The fourth-order valence-electron chi connectivity index (χ4n) is 2.50. The molecule has 2 heterocycles. The molecule has 1 aromatic heterocycles. The van der Waals surface area contributed by atoms with Crippen molar-refractivity contribution in [3.63, 3.8) is 0 Å². The number of nitrogens with zero attached hydrogens (tertiary/aromatic N) is 3. The summed E-state index contributed by atoms with van der Waals surface area (Å²) in [5.74, 6) is -0.296. The van der Waals surface area contributed by atoms with Crippen molar-refractivity contribution in [2.45, 2.75) is 12.5 Å². The van der Waals surface area contributed by atoms with Gasteiger partial charge < -0.3 is 21.1 Å². The molecule has 1 atom stereocenters. The number of aliphatic hydroxyl groups excluding tert-OH is 1. The van der Waals surface area contributed by atoms with Gasteiger partial charge in [-0.05, 0) is 28.4 Å². The first-order valence-corrected chi connectivity index (χ1v) is 7.62. The van der Waals surface area contributed by atoms with Gasteiger partial charge in [-0.15, -0.1) is 0 Å². The van der Waals surface area contributed by atoms with E-state index >= 15 is 0 Å². The van der Waals surface area contributed by atoms with E-state index in [9.17, 15) is 9.59 Å². The minimum atomic E-state index is -0.615. The molecule has 2 amide bonds. The Hall–Kier alpha value is -1.87. The van der Waals surface area contributed by atoms with Crippen molar-refractivity contribution in [2.75, 3.05) is 31.6 Å². The topological polar surface area (TPSA) is 113 Å². The lowest BCUT2D eigenvalue weighted by molar-refractivity contribution is -0.125. The van der Waals surface area contributed by atoms with Crippen molar-refractivity contribution in [2.24, 2.45) is 5.73 Å². The molecular weight excluding hydrogens is 354 g/mol. The number of aliphatic hydroxyl groups is 1. The Morgan fingerprint density at radius 3 is 2.91 bits per heavy atom. The molecule has 1 aromatic rings. The Kier molecular flexibility index (Phi) is 5.19. The first-order chi connectivity index (χ1) is 10.5. The second kappa shape index (κ2) is 6.93. The second-order valence-corrected chi connectivity index (χ2v) is 5.66. The summed E-state index contributed by atoms with van der Waals surface area (Å²) in [6.07, 6.45) is 1.99. The van der Waals surface area contributed by atoms with E-state index in [-0.39, 0.29) is 30.7 Å². The van der Waals surface area contributed by atoms with Crippen LogP contribution in [0.3, 0.4) is 0 Å². The summed E-state index contributed by atoms with van der Waals surface area (Å²) >= 11 is 3.23. The van der Waals surface area contributed by atoms with E-state index in [1.807, 2.05) is 0 Å². The van der Waals surface area contributed by atoms with E-state index in [1.54, 1.807) is 9.58 Å². The third kappa shape index (κ3) is 3.14. The van der Waals surface area contributed by atoms with Crippen LogP contribution in [0, 0.1) is 0 Å². The third-order valence-electron chi connectivity index (χ3n) is 3.51. The van der Waals surface area contributed by atoms with E-state index in [1.165, 1.54) is 6.08 Å². The number of carbonyl (C=O) groups excluding carboxylic acids is 2. The predicted octanol–water partition coefficient (Wildman–Crippen LogP) is 0.108. The minimum absolute atomic E-state index is 0.0745. The highest BCUT2D eigenvalue weighted by atomic mass is 79.9. The number of likely N-dealkylation sites (tertiary alicyclic amines) is 1. The van der Waals surface area contributed by atoms with Gasteiger partial charge in [0.2, 0.25) is 5.91 Å². The molecule has 0 spiro atoms. The number of primary amides is 1. The molecule has 1 fully saturated rings. The van der Waals surface area contributed by atoms with Crippen molar-refractivity contribution in [3.05, 3.63) is 22.8 Å². The van der Waals surface area contributed by atoms with Crippen LogP contribution < -0.4 is 11.1 Å². The molecule has 2 rings (SSSR count). The van der Waals surface area contributed by atoms with Gasteiger partial charge in [0, 0.05) is 19.6 Å². The summed E-state index contributed by atoms with van der Waals surface area (Å²) in [5, 5.41) is 16.3. The number of halogens is 1. The molecule has 22 heavy (non-hydrogen) atoms. The zero-order valence-electron chi connectivity index (χ0n) is 12.0. The highest BCUT2D eigenvalue weighted by Crippen LogP contribution is 2.31. The first-order valence-electron chi connectivity index (χ1n) is 6.83. The Labute approximate surface area is 136 Å². The molecule has 0 saturated carbocycles. The van der Waals surface area contributed by atoms with Crippen molar-refractivity contribution in [1.29, 1.82) is 0 Å². The molecule has 120 valence electrons. The number of anilines is 1. The van der Waals surface area contributed by atoms with E-state index in [0.29, 0.717) is 29.9 Å². The highest BCUT2D eigenvalue weighted by Gasteiger charge is 2.31. The van der Waals surface area contributed by atoms with Crippen LogP contribution in [-0.4, -0.2) is 57.8 Å². The van der Waals surface area contributed by atoms with E-state index < -0.39 is 5.91 Å². The van der Waals surface area contributed by atoms with Crippen molar-refractivity contribution in [3.8, 4) is 0 Å². The summed E-state index contributed by atoms with van der Waals surface area (Å²) in [4.78, 5) is 25.0. The standard InChI is InChI=1S/C13H18BrN5O3/c1-2-9(21)18-5-3-8(7-18)19-13(16-4-6-20)10(12(15)22)11(14)17-19/h2,8,16,20H,1,3-7H2,(H2,15,22)/t8-/m0/s1. The fraction of sp³-hybridized carbons (Fsp3) is 0.462. The van der Waals surface area contributed by atoms with Crippen LogP contribution in [-0.2, 0) is 4.79 Å². The number of hydrogen-bond acceptors (Lipinski definition) is 5. The predicted molar refractivity (Wildman–Crippen MR) is 84.5 cm³/mol. The zero-order valence-corrected chi connectivity index (χ0v) is 13.5. The lowest BCUT2D eigenvalue weighted by atomic mass is 10.2. The molecule has 9 heteroatoms. The minimum Gasteiger partial charge on any atom is -0.395 e. The maximum absolute atomic E-state index is 11.7. The number of nitrogens with two attached hydrogens (primary N) is 1. The average molecular weight is 372 g/mol. The van der Waals surface area contributed by atoms with Crippen LogP contribution in [0.2, 0.25) is 0 Å². The van der Waals surface area contributed by atoms with Crippen LogP contribution in [0.25, 0.3) is 0 Å². The fourth-order valence-corrected chi connectivity index (χ4v) is 3.06. The molecule has 0 unspecified atom stereocenters. The zero-order chi connectivity index (χ0) is 16.3. The Morgan fingerprint density at radius 1 is 1.59 bits per heavy atom. The molecule has 0 aliphatic carbocycles. The van der Waals surface area contributed by atoms with Gasteiger partial charge in [0.25, 0.3) is 5.91 Å². The van der Waals surface area contributed by atoms with Gasteiger partial charge in [0.05, 0.1) is 12.6 Å². The van der Waals surface area contributed by atoms with E-state index in [2.05, 4.69) is 32.9 Å². The van der Waals surface area contributed by atoms with E-state index in [4.69, 9.17) is 10.8 Å². The Morgan fingerprint density at radius 2 is 2.32 bits per heavy atom. The van der Waals surface area contributed by atoms with Gasteiger partial charge in [-0.1, -0.05) is 6.58 Å². The van der Waals surface area contributed by atoms with Crippen molar-refractivity contribution < 1.29 is 14.7 Å². The van der Waals surface area contributed by atoms with Crippen LogP contribution in [0.4, 0.5) is 5.82 Å². The maximum Gasteiger partial charge on any atom is 0.255 e. The van der Waals surface area contributed by atoms with Gasteiger partial charge in [0.1, 0.15) is 16.0 Å². The summed E-state index contributed by atoms with van der Waals surface area (Å²) in [6.45, 7) is 4.73. The monoisotopic (exact) mass is 371 g/mol. The molecule has 1 aliphatic heterocycles. The SMILES string of the molecule is C=CC(=O)N1CC[C@H](n2nc(Br)c(C(N)=O)c2NCCO)C1. The van der Waals surface area contributed by atoms with Crippen LogP contribution in [0.15, 0.2) is 17.3 Å². The molecule has 0 bridgehead atoms. The molecule has 0 radical (unpaired) electrons. The second-order valence-electron chi connectivity index (χ2n) is 4.90. The first kappa shape index (κ1) is 16.5. The number of rotatable bonds is 6. The summed E-state index contributed by atoms with van der Waals surface area (Å²) < 4.78 is 1.99. The number of nitrogens with one attached hydrogen (secondary N) is 1. The molecule has 0 aromatic carbocycles. The number of aromatic nitrogens is 2. The maximum atomic E-state index is 11.7. The highest BCUT2D eigenvalue weighted by molar-refractivity contribution is 9.10. The summed E-state index contributed by atoms with van der Waals surface area (Å²) in [6, 6.07) is -0.0745. The van der Waals surface area contributed by atoms with Gasteiger partial charge in [-0.2, -0.15) is 5.10 Å². The molecular formula is C13H18BrN5O3. The Bertz CT molecular complexity index is 601. The Balaban J connectivity index is 2.31. The molecule has 1 saturated heterocycles. The number of amides is 2. The smallest absolute Gasteiger partial charge is 0.255 e. The lowest BCUT2D eigenvalue weighted by Gasteiger charge is -2.17. The van der Waals surface area contributed by atoms with Crippen LogP contribution >= 0.6 is 15.9 Å². The average Bonchev–Trinajstić information content (AvgIpc) is 3.08. The van der Waals surface area contributed by atoms with Gasteiger partial charge in [-0.25, -0.2) is 4.68 Å². The molecule has 4 N–H and O–H groups in total. The lowest BCUT2D eigenvalue weighted by Crippen LogP contribution is -2.28. The number of carbonyl (C=O) groups is 2. The van der Waals surface area contributed by atoms with Gasteiger partial charge in [-0.3, -0.25) is 9.59 Å². The van der Waals surface area contributed by atoms with Gasteiger partial charge >= 0.3 is 0 Å². The summed E-state index contributed by atoms with van der Waals surface area (Å²) in [7, 11) is 0. The quantitative estimate of drug-likeness (QED) is 0.614. The summed E-state index contributed by atoms with van der Waals surface area (Å²) in [5.41, 5.74) is 5.63. The van der Waals surface area contributed by atoms with E-state index in [0.717, 1.165) is 0 Å².